The molecule has 0 radical (unpaired) electrons. The van der Waals surface area contributed by atoms with Gasteiger partial charge in [-0.2, -0.15) is 18.2 Å². The number of fused-ring (bicyclic) bond motifs is 4. The Hall–Kier alpha value is -8.11. The molecule has 0 aliphatic heterocycles. The van der Waals surface area contributed by atoms with Crippen molar-refractivity contribution in [2.24, 2.45) is 0 Å². The molecule has 0 N–H and O–H groups in total. The second-order valence-electron chi connectivity index (χ2n) is 24.8. The largest absolute Gasteiger partial charge is 0.510 e. The van der Waals surface area contributed by atoms with Gasteiger partial charge in [0.05, 0.1) is 34.5 Å². The molecule has 0 amide bonds. The average Bonchev–Trinajstić information content (AvgIpc) is 1.50. The summed E-state index contributed by atoms with van der Waals surface area (Å²) in [6, 6.07) is 37.7. The van der Waals surface area contributed by atoms with E-state index in [1.807, 2.05) is 115 Å². The van der Waals surface area contributed by atoms with Crippen molar-refractivity contribution in [3.8, 4) is 73.2 Å². The van der Waals surface area contributed by atoms with Gasteiger partial charge in [0, 0.05) is 44.3 Å². The zero-order chi connectivity index (χ0) is 67.9. The molecule has 0 bridgehead atoms. The summed E-state index contributed by atoms with van der Waals surface area (Å²) in [5, 5.41) is 2.00. The van der Waals surface area contributed by atoms with Crippen LogP contribution in [0.2, 0.25) is 0 Å². The van der Waals surface area contributed by atoms with E-state index in [9.17, 15) is 9.60 Å². The summed E-state index contributed by atoms with van der Waals surface area (Å²) in [4.78, 5) is 4.86. The average molecular weight is 1260 g/mol. The summed E-state index contributed by atoms with van der Waals surface area (Å²) in [5.74, 6) is 1.53. The number of aromatic nitrogens is 4. The molecule has 0 aliphatic rings. The van der Waals surface area contributed by atoms with Crippen LogP contribution in [0.4, 0.5) is 0 Å². The van der Waals surface area contributed by atoms with E-state index >= 15 is 0 Å². The molecular formula is C76H70N4OPt-2. The normalized spacial score (nSPS) is 14.5. The minimum atomic E-state index is -0.746. The molecule has 12 aromatic rings. The Morgan fingerprint density at radius 3 is 1.65 bits per heavy atom. The summed E-state index contributed by atoms with van der Waals surface area (Å²) >= 11 is 0. The first-order chi connectivity index (χ1) is 44.1. The van der Waals surface area contributed by atoms with Crippen molar-refractivity contribution in [2.75, 3.05) is 0 Å². The zero-order valence-corrected chi connectivity index (χ0v) is 50.4. The van der Waals surface area contributed by atoms with Gasteiger partial charge < -0.3 is 13.9 Å². The van der Waals surface area contributed by atoms with Crippen LogP contribution < -0.4 is 9.30 Å². The van der Waals surface area contributed by atoms with Crippen LogP contribution >= 0.6 is 0 Å². The van der Waals surface area contributed by atoms with Gasteiger partial charge in [0.2, 0.25) is 0 Å². The third kappa shape index (κ3) is 10.8. The Morgan fingerprint density at radius 1 is 0.476 bits per heavy atom. The first-order valence-electron chi connectivity index (χ1n) is 33.8. The number of imidazole rings is 1. The topological polar surface area (TPSA) is 35.9 Å². The number of para-hydroxylation sites is 3. The van der Waals surface area contributed by atoms with Crippen molar-refractivity contribution >= 4 is 32.8 Å². The quantitative estimate of drug-likeness (QED) is 0.107. The van der Waals surface area contributed by atoms with Crippen LogP contribution in [0.3, 0.4) is 0 Å². The number of hydrogen-bond acceptors (Lipinski definition) is 2. The predicted octanol–water partition coefficient (Wildman–Crippen LogP) is 19.4. The van der Waals surface area contributed by atoms with E-state index in [-0.39, 0.29) is 48.4 Å². The molecule has 3 heterocycles. The van der Waals surface area contributed by atoms with Crippen LogP contribution in [0.1, 0.15) is 123 Å². The van der Waals surface area contributed by atoms with Crippen molar-refractivity contribution in [3.05, 3.63) is 247 Å². The van der Waals surface area contributed by atoms with Crippen molar-refractivity contribution in [1.82, 2.24) is 14.1 Å². The molecule has 3 aromatic heterocycles. The maximum absolute atomic E-state index is 10.5. The van der Waals surface area contributed by atoms with Crippen LogP contribution in [-0.2, 0) is 42.7 Å². The van der Waals surface area contributed by atoms with Crippen LogP contribution in [0.25, 0.3) is 94.5 Å². The minimum absolute atomic E-state index is 0. The van der Waals surface area contributed by atoms with Crippen molar-refractivity contribution < 1.29 is 48.2 Å². The van der Waals surface area contributed by atoms with Gasteiger partial charge in [-0.15, -0.1) is 29.7 Å². The van der Waals surface area contributed by atoms with Crippen LogP contribution in [0.15, 0.2) is 206 Å². The molecule has 9 aromatic carbocycles. The number of ether oxygens (including phenoxy) is 1. The molecule has 6 heteroatoms. The summed E-state index contributed by atoms with van der Waals surface area (Å²) in [6.45, 7) is 25.5. The van der Waals surface area contributed by atoms with Gasteiger partial charge in [-0.1, -0.05) is 222 Å². The summed E-state index contributed by atoms with van der Waals surface area (Å²) in [7, 11) is 0. The van der Waals surface area contributed by atoms with Crippen LogP contribution in [0, 0.1) is 18.5 Å². The van der Waals surface area contributed by atoms with Gasteiger partial charge in [-0.3, -0.25) is 4.57 Å². The molecule has 12 rings (SSSR count). The number of rotatable bonds is 9. The third-order valence-electron chi connectivity index (χ3n) is 14.9. The summed E-state index contributed by atoms with van der Waals surface area (Å²) < 4.78 is 133. The van der Waals surface area contributed by atoms with Crippen molar-refractivity contribution in [1.29, 1.82) is 0 Å². The molecule has 82 heavy (non-hydrogen) atoms. The van der Waals surface area contributed by atoms with Crippen molar-refractivity contribution in [2.45, 2.75) is 105 Å². The van der Waals surface area contributed by atoms with E-state index in [0.717, 1.165) is 55.4 Å². The first-order valence-corrected chi connectivity index (χ1v) is 27.3. The molecular weight excluding hydrogens is 1180 g/mol. The Labute approximate surface area is 517 Å². The molecule has 0 saturated heterocycles. The van der Waals surface area contributed by atoms with Gasteiger partial charge in [0.1, 0.15) is 5.82 Å². The number of benzene rings is 9. The molecule has 0 unspecified atom stereocenters. The van der Waals surface area contributed by atoms with E-state index in [0.29, 0.717) is 39.5 Å². The molecule has 5 nitrogen and oxygen atoms in total. The monoisotopic (exact) mass is 1260 g/mol. The van der Waals surface area contributed by atoms with E-state index in [1.165, 1.54) is 0 Å². The van der Waals surface area contributed by atoms with Crippen molar-refractivity contribution in [3.63, 3.8) is 0 Å². The molecule has 0 spiro atoms. The molecule has 412 valence electrons. The summed E-state index contributed by atoms with van der Waals surface area (Å²) in [5.41, 5.74) is 5.51. The fourth-order valence-corrected chi connectivity index (χ4v) is 10.3. The maximum Gasteiger partial charge on any atom is 0.268 e. The Kier molecular flexibility index (Phi) is 10.9. The van der Waals surface area contributed by atoms with Gasteiger partial charge in [0.15, 0.2) is 0 Å². The second kappa shape index (κ2) is 21.3. The minimum Gasteiger partial charge on any atom is -0.510 e. The third-order valence-corrected chi connectivity index (χ3v) is 14.9. The molecule has 0 aliphatic carbocycles. The van der Waals surface area contributed by atoms with E-state index in [2.05, 4.69) is 128 Å². The number of nitrogens with zero attached hydrogens (tertiary/aromatic N) is 4. The maximum atomic E-state index is 10.5. The van der Waals surface area contributed by atoms with E-state index < -0.39 is 106 Å². The molecule has 0 saturated carbocycles. The number of pyridine rings is 1. The van der Waals surface area contributed by atoms with Gasteiger partial charge in [-0.25, -0.2) is 4.98 Å². The standard InChI is InChI=1S/C76H70N4O.Pt/c1-73(2,3)56-36-37-77-71(46-56)80-67-31-20-19-30-63(67)64-35-34-62(48-70(64)80)81-61-29-23-28-60(47-61)78-49-79(69-33-22-21-32-68(69)78)72-65(54-39-52(50-24-15-13-16-25-50)38-53(40-54)51-26-17-14-18-27-51)44-59(76(10,11)12)45-66(72)55-41-57(74(4,5)6)43-58(42-55)75(7,8)9;/h13-46H,1-12H3;/q-2;/i13D,14D,15D,16D,17D,18D,24D,25D,26D,27D,38D,39D,40D;. The number of hydrogen-bond donors (Lipinski definition) is 0. The predicted molar refractivity (Wildman–Crippen MR) is 337 cm³/mol. The SMILES string of the molecule is [2H]c1c([2H])c([2H])c(-c2c([2H])c(-c3cc(C(C)(C)C)cc(-c4cc(C(C)(C)C)cc(C(C)(C)C)c4)c3-[n+]3[c-]n(-c4[c-]c(Oc5[c-]c6c(cc5)c5ccccc5n6-c5cc(C(C)(C)C)ccn5)ccc4)c4ccccc43)c([2H])c(-c3c([2H])c([2H])c([2H])c([2H])c3[2H])c2[2H])c([2H])c1[2H].[Pt]. The van der Waals surface area contributed by atoms with Gasteiger partial charge in [-0.05, 0) is 136 Å². The fraction of sp³-hybridized carbons (Fsp3) is 0.211. The molecule has 0 fully saturated rings. The molecule has 0 atom stereocenters. The van der Waals surface area contributed by atoms with E-state index in [1.54, 1.807) is 0 Å². The van der Waals surface area contributed by atoms with Crippen LogP contribution in [-0.4, -0.2) is 14.1 Å². The Balaban J connectivity index is 0.00000919. The summed E-state index contributed by atoms with van der Waals surface area (Å²) in [6.07, 6.45) is 5.53. The fourth-order valence-electron chi connectivity index (χ4n) is 10.3. The van der Waals surface area contributed by atoms with Gasteiger partial charge in [0.25, 0.3) is 6.33 Å². The smallest absolute Gasteiger partial charge is 0.268 e. The Bertz CT molecular complexity index is 4970. The van der Waals surface area contributed by atoms with Crippen LogP contribution in [0.5, 0.6) is 11.5 Å². The second-order valence-corrected chi connectivity index (χ2v) is 24.8. The zero-order valence-electron chi connectivity index (χ0n) is 61.1. The Morgan fingerprint density at radius 2 is 1.02 bits per heavy atom. The van der Waals surface area contributed by atoms with Gasteiger partial charge >= 0.3 is 0 Å². The first kappa shape index (κ1) is 41.8. The van der Waals surface area contributed by atoms with E-state index in [4.69, 9.17) is 17.9 Å².